The molecular weight excluding hydrogens is 352 g/mol. The molecule has 4 atom stereocenters. The maximum absolute atomic E-state index is 11.6. The number of carbonyl (C=O) groups excluding carboxylic acids is 4. The van der Waals surface area contributed by atoms with Crippen molar-refractivity contribution in [2.45, 2.75) is 52.1 Å². The van der Waals surface area contributed by atoms with Gasteiger partial charge in [0.05, 0.1) is 2.74 Å². The number of carbonyl (C=O) groups is 4. The summed E-state index contributed by atoms with van der Waals surface area (Å²) in [5.74, 6) is -2.81. The van der Waals surface area contributed by atoms with E-state index in [4.69, 9.17) is 31.2 Å². The van der Waals surface area contributed by atoms with Gasteiger partial charge in [0.25, 0.3) is 0 Å². The third-order valence-electron chi connectivity index (χ3n) is 2.98. The molecule has 0 rings (SSSR count). The molecule has 0 unspecified atom stereocenters. The van der Waals surface area contributed by atoms with Gasteiger partial charge in [-0.2, -0.15) is 0 Å². The van der Waals surface area contributed by atoms with Crippen LogP contribution in [0.25, 0.3) is 0 Å². The van der Waals surface area contributed by atoms with E-state index < -0.39 is 75.7 Å². The van der Waals surface area contributed by atoms with Crippen molar-refractivity contribution >= 4 is 23.9 Å². The molecule has 0 aromatic heterocycles. The molecule has 150 valence electrons. The van der Waals surface area contributed by atoms with Gasteiger partial charge < -0.3 is 28.4 Å². The average Bonchev–Trinajstić information content (AvgIpc) is 2.58. The first kappa shape index (κ1) is 20.1. The molecule has 0 saturated carbocycles. The molecule has 0 N–H and O–H groups in total. The minimum atomic E-state index is -1.34. The largest absolute Gasteiger partial charge is 0.463 e. The van der Waals surface area contributed by atoms with E-state index in [9.17, 15) is 19.2 Å². The molecule has 0 spiro atoms. The van der Waals surface area contributed by atoms with Gasteiger partial charge >= 0.3 is 23.9 Å². The van der Waals surface area contributed by atoms with Crippen molar-refractivity contribution in [3.05, 3.63) is 0 Å². The topological polar surface area (TPSA) is 124 Å². The average molecular weight is 380 g/mol. The summed E-state index contributed by atoms with van der Waals surface area (Å²) in [6.45, 7) is 3.65. The molecule has 26 heavy (non-hydrogen) atoms. The zero-order chi connectivity index (χ0) is 21.7. The van der Waals surface area contributed by atoms with Gasteiger partial charge in [0, 0.05) is 41.9 Å². The zero-order valence-corrected chi connectivity index (χ0v) is 15.2. The number of ether oxygens (including phenoxy) is 6. The lowest BCUT2D eigenvalue weighted by molar-refractivity contribution is -0.196. The first-order valence-corrected chi connectivity index (χ1v) is 7.55. The Bertz CT molecular complexity index is 528. The van der Waals surface area contributed by atoms with Gasteiger partial charge in [0.2, 0.25) is 0 Å². The van der Waals surface area contributed by atoms with Gasteiger partial charge in [-0.3, -0.25) is 19.2 Å². The van der Waals surface area contributed by atoms with Crippen LogP contribution < -0.4 is 0 Å². The molecule has 0 aliphatic heterocycles. The minimum absolute atomic E-state index is 0.398. The Morgan fingerprint density at radius 2 is 1.19 bits per heavy atom. The van der Waals surface area contributed by atoms with E-state index in [0.29, 0.717) is 0 Å². The highest BCUT2D eigenvalue weighted by atomic mass is 16.6. The van der Waals surface area contributed by atoms with Crippen LogP contribution in [0.2, 0.25) is 0 Å². The fourth-order valence-electron chi connectivity index (χ4n) is 2.01. The maximum atomic E-state index is 11.6. The lowest BCUT2D eigenvalue weighted by atomic mass is 10.0. The lowest BCUT2D eigenvalue weighted by Crippen LogP contribution is -2.52. The Morgan fingerprint density at radius 1 is 0.692 bits per heavy atom. The quantitative estimate of drug-likeness (QED) is 0.357. The van der Waals surface area contributed by atoms with Crippen LogP contribution in [0.4, 0.5) is 0 Å². The van der Waals surface area contributed by atoms with Gasteiger partial charge in [0.1, 0.15) is 25.4 Å². The summed E-state index contributed by atoms with van der Waals surface area (Å²) in [7, 11) is -1.19. The fourth-order valence-corrected chi connectivity index (χ4v) is 2.01. The Balaban J connectivity index is 5.84. The molecule has 0 aliphatic carbocycles. The lowest BCUT2D eigenvalue weighted by Gasteiger charge is -2.34. The van der Waals surface area contributed by atoms with Crippen molar-refractivity contribution < 1.29 is 50.3 Å². The van der Waals surface area contributed by atoms with Gasteiger partial charge in [-0.1, -0.05) is 0 Å². The molecule has 0 aromatic rings. The Kier molecular flexibility index (Phi) is 9.44. The Labute approximate surface area is 154 Å². The van der Waals surface area contributed by atoms with E-state index in [1.807, 2.05) is 0 Å². The van der Waals surface area contributed by atoms with Crippen LogP contribution >= 0.6 is 0 Å². The summed E-state index contributed by atoms with van der Waals surface area (Å²) in [4.78, 5) is 45.3. The summed E-state index contributed by atoms with van der Waals surface area (Å²) in [6, 6.07) is 0. The number of rotatable bonds is 11. The monoisotopic (exact) mass is 380 g/mol. The number of methoxy groups -OCH3 is 2. The van der Waals surface area contributed by atoms with Crippen molar-refractivity contribution in [2.24, 2.45) is 0 Å². The highest BCUT2D eigenvalue weighted by Crippen LogP contribution is 2.19. The predicted octanol–water partition coefficient (Wildman–Crippen LogP) is 0.00600. The van der Waals surface area contributed by atoms with Crippen LogP contribution in [0, 0.1) is 0 Å². The van der Waals surface area contributed by atoms with Crippen molar-refractivity contribution in [1.29, 1.82) is 0 Å². The van der Waals surface area contributed by atoms with Crippen molar-refractivity contribution in [3.8, 4) is 0 Å². The second-order valence-corrected chi connectivity index (χ2v) is 5.16. The molecule has 0 bridgehead atoms. The summed E-state index contributed by atoms with van der Waals surface area (Å²) >= 11 is 0. The van der Waals surface area contributed by atoms with Crippen LogP contribution in [0.1, 0.15) is 30.4 Å². The molecule has 0 saturated heterocycles. The van der Waals surface area contributed by atoms with Crippen LogP contribution in [0.3, 0.4) is 0 Å². The molecular formula is C16H26O10. The molecule has 0 radical (unpaired) electrons. The van der Waals surface area contributed by atoms with E-state index in [0.717, 1.165) is 27.7 Å². The standard InChI is InChI=1S/C16H26O10/c1-9(17)23-7-13(21-5)16(26-12(4)20)15(22-6)14(25-11(3)19)8-24-10(2)18/h13-16H,7-8H2,1-6H3/t13-,14+,15+,16+/m0/s1/i5D,6D. The molecule has 10 heteroatoms. The SMILES string of the molecule is [2H]CO[C@@H]([C@H](OC(C)=O)[C@H](COC(C)=O)OC[2H])[C@@H](COC(C)=O)OC(C)=O. The van der Waals surface area contributed by atoms with Crippen molar-refractivity contribution in [1.82, 2.24) is 0 Å². The van der Waals surface area contributed by atoms with Crippen LogP contribution in [-0.4, -0.2) is 75.7 Å². The second-order valence-electron chi connectivity index (χ2n) is 5.16. The maximum Gasteiger partial charge on any atom is 0.303 e. The van der Waals surface area contributed by atoms with Crippen molar-refractivity contribution in [2.75, 3.05) is 27.4 Å². The summed E-state index contributed by atoms with van der Waals surface area (Å²) in [5, 5.41) is 0. The van der Waals surface area contributed by atoms with Crippen LogP contribution in [0.5, 0.6) is 0 Å². The number of esters is 4. The first-order valence-electron chi connectivity index (χ1n) is 8.96. The highest BCUT2D eigenvalue weighted by molar-refractivity contribution is 5.67. The molecule has 0 heterocycles. The molecule has 0 aromatic carbocycles. The van der Waals surface area contributed by atoms with Crippen LogP contribution in [-0.2, 0) is 47.6 Å². The second kappa shape index (κ2) is 12.2. The van der Waals surface area contributed by atoms with E-state index in [-0.39, 0.29) is 0 Å². The van der Waals surface area contributed by atoms with Gasteiger partial charge in [-0.05, 0) is 0 Å². The van der Waals surface area contributed by atoms with E-state index in [1.54, 1.807) is 0 Å². The molecule has 10 nitrogen and oxygen atoms in total. The summed E-state index contributed by atoms with van der Waals surface area (Å²) in [5.41, 5.74) is 0. The highest BCUT2D eigenvalue weighted by Gasteiger charge is 2.40. The summed E-state index contributed by atoms with van der Waals surface area (Å²) in [6.07, 6.45) is -5.08. The van der Waals surface area contributed by atoms with Gasteiger partial charge in [0.15, 0.2) is 12.2 Å². The minimum Gasteiger partial charge on any atom is -0.463 e. The van der Waals surface area contributed by atoms with Gasteiger partial charge in [-0.25, -0.2) is 0 Å². The molecule has 0 fully saturated rings. The Hall–Kier alpha value is -2.20. The van der Waals surface area contributed by atoms with Crippen LogP contribution in [0.15, 0.2) is 0 Å². The van der Waals surface area contributed by atoms with Gasteiger partial charge in [-0.15, -0.1) is 0 Å². The normalized spacial score (nSPS) is 16.2. The number of hydrogen-bond acceptors (Lipinski definition) is 10. The third kappa shape index (κ3) is 9.33. The Morgan fingerprint density at radius 3 is 1.62 bits per heavy atom. The fraction of sp³-hybridized carbons (Fsp3) is 0.750. The van der Waals surface area contributed by atoms with Crippen molar-refractivity contribution in [3.63, 3.8) is 0 Å². The van der Waals surface area contributed by atoms with E-state index >= 15 is 0 Å². The smallest absolute Gasteiger partial charge is 0.303 e. The summed E-state index contributed by atoms with van der Waals surface area (Å²) < 4.78 is 45.1. The van der Waals surface area contributed by atoms with E-state index in [1.165, 1.54) is 0 Å². The number of hydrogen-bond donors (Lipinski definition) is 0. The predicted molar refractivity (Wildman–Crippen MR) is 86.0 cm³/mol. The van der Waals surface area contributed by atoms with E-state index in [2.05, 4.69) is 0 Å². The zero-order valence-electron chi connectivity index (χ0n) is 17.2. The third-order valence-corrected chi connectivity index (χ3v) is 2.98. The first-order chi connectivity index (χ1) is 13.1. The molecule has 0 aliphatic rings. The molecule has 0 amide bonds.